The van der Waals surface area contributed by atoms with Gasteiger partial charge in [0, 0.05) is 0 Å². The van der Waals surface area contributed by atoms with Crippen LogP contribution in [0.1, 0.15) is 19.4 Å². The molecule has 0 saturated heterocycles. The summed E-state index contributed by atoms with van der Waals surface area (Å²) in [5.41, 5.74) is 0.451. The first-order valence-corrected chi connectivity index (χ1v) is 5.98. The number of hydrogen-bond donors (Lipinski definition) is 0. The molecule has 2 aromatic rings. The van der Waals surface area contributed by atoms with Gasteiger partial charge in [0.15, 0.2) is 0 Å². The fraction of sp³-hybridized carbons (Fsp3) is 0.357. The largest absolute Gasteiger partial charge is 0.251 e. The van der Waals surface area contributed by atoms with Gasteiger partial charge in [-0.15, -0.1) is 0 Å². The van der Waals surface area contributed by atoms with Crippen molar-refractivity contribution in [1.29, 1.82) is 5.26 Å². The molecule has 1 unspecified atom stereocenters. The molecule has 0 saturated carbocycles. The average molecular weight is 240 g/mol. The minimum absolute atomic E-state index is 0.189. The molecule has 0 amide bonds. The van der Waals surface area contributed by atoms with Crippen molar-refractivity contribution >= 4 is 0 Å². The Morgan fingerprint density at radius 1 is 1.33 bits per heavy atom. The highest BCUT2D eigenvalue weighted by Gasteiger charge is 2.36. The summed E-state index contributed by atoms with van der Waals surface area (Å²) < 4.78 is 1.72. The van der Waals surface area contributed by atoms with Gasteiger partial charge in [-0.3, -0.25) is 4.68 Å². The molecule has 0 aliphatic heterocycles. The summed E-state index contributed by atoms with van der Waals surface area (Å²) in [6.07, 6.45) is 3.14. The van der Waals surface area contributed by atoms with Crippen molar-refractivity contribution < 1.29 is 0 Å². The lowest BCUT2D eigenvalue weighted by Crippen LogP contribution is -2.35. The summed E-state index contributed by atoms with van der Waals surface area (Å²) in [5, 5.41) is 13.8. The predicted molar refractivity (Wildman–Crippen MR) is 68.6 cm³/mol. The van der Waals surface area contributed by atoms with Gasteiger partial charge in [0.25, 0.3) is 0 Å². The molecular weight excluding hydrogens is 224 g/mol. The van der Waals surface area contributed by atoms with Crippen molar-refractivity contribution in [2.24, 2.45) is 5.92 Å². The molecule has 1 heterocycles. The molecule has 92 valence electrons. The van der Waals surface area contributed by atoms with Crippen LogP contribution in [0.2, 0.25) is 0 Å². The maximum absolute atomic E-state index is 9.69. The zero-order valence-corrected chi connectivity index (χ0v) is 10.6. The fourth-order valence-corrected chi connectivity index (χ4v) is 2.14. The maximum atomic E-state index is 9.69. The van der Waals surface area contributed by atoms with Crippen molar-refractivity contribution in [2.75, 3.05) is 0 Å². The van der Waals surface area contributed by atoms with Crippen molar-refractivity contribution in [3.05, 3.63) is 48.5 Å². The van der Waals surface area contributed by atoms with Crippen LogP contribution in [0, 0.1) is 17.2 Å². The summed E-state index contributed by atoms with van der Waals surface area (Å²) in [5.74, 6) is 0.189. The van der Waals surface area contributed by atoms with Crippen LogP contribution in [0.4, 0.5) is 0 Å². The molecule has 1 aromatic heterocycles. The summed E-state index contributed by atoms with van der Waals surface area (Å²) in [6.45, 7) is 4.64. The van der Waals surface area contributed by atoms with E-state index in [0.717, 1.165) is 5.56 Å². The molecular formula is C14H16N4. The van der Waals surface area contributed by atoms with Crippen LogP contribution in [0.15, 0.2) is 43.0 Å². The summed E-state index contributed by atoms with van der Waals surface area (Å²) >= 11 is 0. The van der Waals surface area contributed by atoms with Crippen LogP contribution in [-0.2, 0) is 12.0 Å². The smallest absolute Gasteiger partial charge is 0.137 e. The van der Waals surface area contributed by atoms with Crippen molar-refractivity contribution in [2.45, 2.75) is 25.8 Å². The van der Waals surface area contributed by atoms with E-state index in [4.69, 9.17) is 0 Å². The molecule has 0 aliphatic carbocycles. The first-order chi connectivity index (χ1) is 8.69. The Morgan fingerprint density at radius 2 is 2.06 bits per heavy atom. The second-order valence-electron chi connectivity index (χ2n) is 4.70. The lowest BCUT2D eigenvalue weighted by atomic mass is 9.73. The van der Waals surface area contributed by atoms with Crippen LogP contribution < -0.4 is 0 Å². The average Bonchev–Trinajstić information content (AvgIpc) is 2.89. The minimum Gasteiger partial charge on any atom is -0.251 e. The molecule has 0 N–H and O–H groups in total. The topological polar surface area (TPSA) is 54.5 Å². The van der Waals surface area contributed by atoms with E-state index in [-0.39, 0.29) is 5.92 Å². The van der Waals surface area contributed by atoms with Gasteiger partial charge < -0.3 is 0 Å². The molecule has 0 aliphatic rings. The number of rotatable bonds is 4. The third kappa shape index (κ3) is 2.12. The first kappa shape index (κ1) is 12.3. The van der Waals surface area contributed by atoms with E-state index in [9.17, 15) is 5.26 Å². The molecule has 0 spiro atoms. The standard InChI is InChI=1S/C14H16N4/c1-12(2)14(8-15,9-18-11-16-10-17-18)13-6-4-3-5-7-13/h3-7,10-12H,9H2,1-2H3. The normalized spacial score (nSPS) is 14.1. The van der Waals surface area contributed by atoms with Gasteiger partial charge >= 0.3 is 0 Å². The molecule has 0 radical (unpaired) electrons. The van der Waals surface area contributed by atoms with E-state index >= 15 is 0 Å². The van der Waals surface area contributed by atoms with Gasteiger partial charge in [0.1, 0.15) is 18.1 Å². The molecule has 1 aromatic carbocycles. The number of hydrogen-bond acceptors (Lipinski definition) is 3. The number of nitriles is 1. The van der Waals surface area contributed by atoms with Gasteiger partial charge in [-0.25, -0.2) is 4.98 Å². The highest BCUT2D eigenvalue weighted by molar-refractivity contribution is 5.33. The number of nitrogens with zero attached hydrogens (tertiary/aromatic N) is 4. The van der Waals surface area contributed by atoms with Crippen molar-refractivity contribution in [3.8, 4) is 6.07 Å². The zero-order valence-electron chi connectivity index (χ0n) is 10.6. The molecule has 0 fully saturated rings. The van der Waals surface area contributed by atoms with Gasteiger partial charge in [-0.2, -0.15) is 10.4 Å². The highest BCUT2D eigenvalue weighted by Crippen LogP contribution is 2.33. The summed E-state index contributed by atoms with van der Waals surface area (Å²) in [6, 6.07) is 12.4. The highest BCUT2D eigenvalue weighted by atomic mass is 15.3. The van der Waals surface area contributed by atoms with E-state index in [2.05, 4.69) is 30.0 Å². The van der Waals surface area contributed by atoms with E-state index in [1.807, 2.05) is 30.3 Å². The molecule has 4 heteroatoms. The number of benzene rings is 1. The monoisotopic (exact) mass is 240 g/mol. The zero-order chi connectivity index (χ0) is 13.0. The lowest BCUT2D eigenvalue weighted by molar-refractivity contribution is 0.328. The minimum atomic E-state index is -0.574. The van der Waals surface area contributed by atoms with Gasteiger partial charge in [0.2, 0.25) is 0 Å². The van der Waals surface area contributed by atoms with Gasteiger partial charge in [-0.1, -0.05) is 44.2 Å². The molecule has 18 heavy (non-hydrogen) atoms. The van der Waals surface area contributed by atoms with Crippen molar-refractivity contribution in [3.63, 3.8) is 0 Å². The summed E-state index contributed by atoms with van der Waals surface area (Å²) in [7, 11) is 0. The molecule has 4 nitrogen and oxygen atoms in total. The van der Waals surface area contributed by atoms with Crippen LogP contribution in [-0.4, -0.2) is 14.8 Å². The molecule has 2 rings (SSSR count). The predicted octanol–water partition coefficient (Wildman–Crippen LogP) is 2.40. The Bertz CT molecular complexity index is 525. The summed E-state index contributed by atoms with van der Waals surface area (Å²) in [4.78, 5) is 3.94. The third-order valence-electron chi connectivity index (χ3n) is 3.35. The van der Waals surface area contributed by atoms with Gasteiger partial charge in [-0.05, 0) is 11.5 Å². The molecule has 1 atom stereocenters. The molecule has 0 bridgehead atoms. The Balaban J connectivity index is 2.44. The van der Waals surface area contributed by atoms with Crippen LogP contribution in [0.25, 0.3) is 0 Å². The van der Waals surface area contributed by atoms with E-state index < -0.39 is 5.41 Å². The number of aromatic nitrogens is 3. The lowest BCUT2D eigenvalue weighted by Gasteiger charge is -2.31. The quantitative estimate of drug-likeness (QED) is 0.824. The maximum Gasteiger partial charge on any atom is 0.137 e. The first-order valence-electron chi connectivity index (χ1n) is 5.98. The van der Waals surface area contributed by atoms with E-state index in [0.29, 0.717) is 6.54 Å². The van der Waals surface area contributed by atoms with Gasteiger partial charge in [0.05, 0.1) is 12.6 Å². The third-order valence-corrected chi connectivity index (χ3v) is 3.35. The Labute approximate surface area is 107 Å². The SMILES string of the molecule is CC(C)C(C#N)(Cn1cncn1)c1ccccc1. The Morgan fingerprint density at radius 3 is 2.56 bits per heavy atom. The van der Waals surface area contributed by atoms with E-state index in [1.165, 1.54) is 6.33 Å². The Kier molecular flexibility index (Phi) is 3.42. The van der Waals surface area contributed by atoms with Crippen LogP contribution >= 0.6 is 0 Å². The second kappa shape index (κ2) is 5.01. The van der Waals surface area contributed by atoms with Crippen LogP contribution in [0.5, 0.6) is 0 Å². The fourth-order valence-electron chi connectivity index (χ4n) is 2.14. The van der Waals surface area contributed by atoms with Crippen LogP contribution in [0.3, 0.4) is 0 Å². The second-order valence-corrected chi connectivity index (χ2v) is 4.70. The Hall–Kier alpha value is -2.15. The van der Waals surface area contributed by atoms with E-state index in [1.54, 1.807) is 11.0 Å². The van der Waals surface area contributed by atoms with Crippen molar-refractivity contribution in [1.82, 2.24) is 14.8 Å².